The second-order valence-corrected chi connectivity index (χ2v) is 8.78. The summed E-state index contributed by atoms with van der Waals surface area (Å²) in [6, 6.07) is 12.7. The van der Waals surface area contributed by atoms with Crippen LogP contribution in [0.5, 0.6) is 5.75 Å². The van der Waals surface area contributed by atoms with E-state index in [0.29, 0.717) is 28.7 Å². The van der Waals surface area contributed by atoms with Crippen LogP contribution < -0.4 is 10.1 Å². The minimum atomic E-state index is -3.86. The standard InChI is InChI=1S/C20H22ClN3O4S/c1-14(28-17-10-8-15(21)9-11-17)20(25)22-16-5-3-6-18(13-16)29(26,27)23-19-7-4-12-24(19)2/h3,5-6,8-11,13-14H,4,7,12H2,1-2H3,(H,22,25)/b23-19-. The summed E-state index contributed by atoms with van der Waals surface area (Å²) in [5, 5.41) is 3.24. The van der Waals surface area contributed by atoms with Gasteiger partial charge in [-0.15, -0.1) is 4.40 Å². The molecule has 0 spiro atoms. The number of ether oxygens (including phenoxy) is 1. The minimum Gasteiger partial charge on any atom is -0.481 e. The maximum atomic E-state index is 12.6. The quantitative estimate of drug-likeness (QED) is 0.749. The van der Waals surface area contributed by atoms with Crippen molar-refractivity contribution in [2.75, 3.05) is 18.9 Å². The molecule has 0 aromatic heterocycles. The van der Waals surface area contributed by atoms with Crippen LogP contribution in [-0.4, -0.2) is 44.8 Å². The number of amides is 1. The maximum Gasteiger partial charge on any atom is 0.284 e. The molecule has 2 aromatic carbocycles. The molecule has 1 saturated heterocycles. The molecule has 0 radical (unpaired) electrons. The van der Waals surface area contributed by atoms with Gasteiger partial charge in [0.05, 0.1) is 4.90 Å². The van der Waals surface area contributed by atoms with Crippen LogP contribution in [0.4, 0.5) is 5.69 Å². The van der Waals surface area contributed by atoms with Gasteiger partial charge < -0.3 is 15.0 Å². The summed E-state index contributed by atoms with van der Waals surface area (Å²) in [6.45, 7) is 2.39. The van der Waals surface area contributed by atoms with Gasteiger partial charge in [0.1, 0.15) is 11.6 Å². The predicted octanol–water partition coefficient (Wildman–Crippen LogP) is 3.56. The van der Waals surface area contributed by atoms with E-state index in [1.54, 1.807) is 43.3 Å². The molecule has 1 amide bonds. The van der Waals surface area contributed by atoms with E-state index in [-0.39, 0.29) is 4.90 Å². The van der Waals surface area contributed by atoms with E-state index in [9.17, 15) is 13.2 Å². The fourth-order valence-corrected chi connectivity index (χ4v) is 4.12. The Balaban J connectivity index is 1.70. The Morgan fingerprint density at radius 2 is 1.97 bits per heavy atom. The number of anilines is 1. The zero-order valence-electron chi connectivity index (χ0n) is 16.1. The summed E-state index contributed by atoms with van der Waals surface area (Å²) in [5.41, 5.74) is 0.350. The number of sulfonamides is 1. The number of nitrogens with zero attached hydrogens (tertiary/aromatic N) is 2. The number of nitrogens with one attached hydrogen (secondary N) is 1. The Hall–Kier alpha value is -2.58. The van der Waals surface area contributed by atoms with Crippen LogP contribution in [0.3, 0.4) is 0 Å². The van der Waals surface area contributed by atoms with Gasteiger partial charge in [0.2, 0.25) is 0 Å². The number of likely N-dealkylation sites (tertiary alicyclic amines) is 1. The summed E-state index contributed by atoms with van der Waals surface area (Å²) >= 11 is 5.84. The Morgan fingerprint density at radius 1 is 1.24 bits per heavy atom. The molecule has 0 saturated carbocycles. The van der Waals surface area contributed by atoms with Crippen LogP contribution in [0.1, 0.15) is 19.8 Å². The van der Waals surface area contributed by atoms with Gasteiger partial charge in [0.15, 0.2) is 6.10 Å². The number of rotatable bonds is 6. The third-order valence-corrected chi connectivity index (χ3v) is 6.01. The first-order valence-electron chi connectivity index (χ1n) is 9.13. The largest absolute Gasteiger partial charge is 0.481 e. The van der Waals surface area contributed by atoms with Crippen molar-refractivity contribution in [3.05, 3.63) is 53.6 Å². The molecule has 2 aromatic rings. The van der Waals surface area contributed by atoms with Crippen molar-refractivity contribution in [2.45, 2.75) is 30.8 Å². The van der Waals surface area contributed by atoms with Gasteiger partial charge in [-0.05, 0) is 55.8 Å². The van der Waals surface area contributed by atoms with E-state index in [2.05, 4.69) is 9.71 Å². The Morgan fingerprint density at radius 3 is 2.62 bits per heavy atom. The van der Waals surface area contributed by atoms with Crippen LogP contribution in [0.15, 0.2) is 57.8 Å². The smallest absolute Gasteiger partial charge is 0.284 e. The lowest BCUT2D eigenvalue weighted by Gasteiger charge is -2.15. The highest BCUT2D eigenvalue weighted by Crippen LogP contribution is 2.21. The highest BCUT2D eigenvalue weighted by Gasteiger charge is 2.21. The van der Waals surface area contributed by atoms with Crippen LogP contribution >= 0.6 is 11.6 Å². The van der Waals surface area contributed by atoms with E-state index >= 15 is 0 Å². The van der Waals surface area contributed by atoms with E-state index in [1.807, 2.05) is 11.9 Å². The van der Waals surface area contributed by atoms with Gasteiger partial charge in [0, 0.05) is 30.7 Å². The first kappa shape index (κ1) is 21.1. The van der Waals surface area contributed by atoms with Crippen molar-refractivity contribution in [1.29, 1.82) is 0 Å². The lowest BCUT2D eigenvalue weighted by atomic mass is 10.3. The van der Waals surface area contributed by atoms with Gasteiger partial charge in [-0.3, -0.25) is 4.79 Å². The molecule has 1 atom stereocenters. The molecule has 1 aliphatic heterocycles. The average molecular weight is 436 g/mol. The van der Waals surface area contributed by atoms with Crippen LogP contribution in [0.2, 0.25) is 5.02 Å². The molecule has 1 N–H and O–H groups in total. The van der Waals surface area contributed by atoms with E-state index < -0.39 is 22.0 Å². The normalized spacial score (nSPS) is 16.7. The molecule has 3 rings (SSSR count). The van der Waals surface area contributed by atoms with Gasteiger partial charge >= 0.3 is 0 Å². The molecule has 1 fully saturated rings. The SMILES string of the molecule is CC(Oc1ccc(Cl)cc1)C(=O)Nc1cccc(S(=O)(=O)/N=C2/CCCN2C)c1. The molecular formula is C20H22ClN3O4S. The third-order valence-electron chi connectivity index (χ3n) is 4.46. The number of halogens is 1. The summed E-state index contributed by atoms with van der Waals surface area (Å²) in [5.74, 6) is 0.644. The number of amidine groups is 1. The van der Waals surface area contributed by atoms with Gasteiger partial charge in [-0.25, -0.2) is 0 Å². The first-order valence-corrected chi connectivity index (χ1v) is 10.9. The fourth-order valence-electron chi connectivity index (χ4n) is 2.85. The number of carbonyl (C=O) groups excluding carboxylic acids is 1. The zero-order chi connectivity index (χ0) is 21.0. The molecule has 154 valence electrons. The van der Waals surface area contributed by atoms with Gasteiger partial charge in [-0.1, -0.05) is 17.7 Å². The van der Waals surface area contributed by atoms with E-state index in [4.69, 9.17) is 16.3 Å². The molecule has 1 aliphatic rings. The molecule has 29 heavy (non-hydrogen) atoms. The monoisotopic (exact) mass is 435 g/mol. The van der Waals surface area contributed by atoms with Crippen LogP contribution in [0.25, 0.3) is 0 Å². The Bertz CT molecular complexity index is 1020. The van der Waals surface area contributed by atoms with Crippen molar-refractivity contribution in [2.24, 2.45) is 4.40 Å². The summed E-state index contributed by atoms with van der Waals surface area (Å²) < 4.78 is 34.8. The Labute approximate surface area is 175 Å². The molecule has 1 unspecified atom stereocenters. The van der Waals surface area contributed by atoms with Crippen molar-refractivity contribution in [3.63, 3.8) is 0 Å². The summed E-state index contributed by atoms with van der Waals surface area (Å²) in [7, 11) is -2.04. The third kappa shape index (κ3) is 5.48. The van der Waals surface area contributed by atoms with Gasteiger partial charge in [-0.2, -0.15) is 8.42 Å². The lowest BCUT2D eigenvalue weighted by Crippen LogP contribution is -2.30. The van der Waals surface area contributed by atoms with Crippen LogP contribution in [0, 0.1) is 0 Å². The number of benzene rings is 2. The molecule has 0 aliphatic carbocycles. The predicted molar refractivity (Wildman–Crippen MR) is 113 cm³/mol. The van der Waals surface area contributed by atoms with Crippen LogP contribution in [-0.2, 0) is 14.8 Å². The second-order valence-electron chi connectivity index (χ2n) is 6.74. The highest BCUT2D eigenvalue weighted by molar-refractivity contribution is 7.90. The number of hydrogen-bond donors (Lipinski definition) is 1. The zero-order valence-corrected chi connectivity index (χ0v) is 17.7. The highest BCUT2D eigenvalue weighted by atomic mass is 35.5. The summed E-state index contributed by atoms with van der Waals surface area (Å²) in [4.78, 5) is 14.3. The van der Waals surface area contributed by atoms with Gasteiger partial charge in [0.25, 0.3) is 15.9 Å². The summed E-state index contributed by atoms with van der Waals surface area (Å²) in [6.07, 6.45) is 0.724. The fraction of sp³-hybridized carbons (Fsp3) is 0.300. The topological polar surface area (TPSA) is 88.1 Å². The lowest BCUT2D eigenvalue weighted by molar-refractivity contribution is -0.122. The Kier molecular flexibility index (Phi) is 6.44. The minimum absolute atomic E-state index is 0.0226. The van der Waals surface area contributed by atoms with E-state index in [1.165, 1.54) is 12.1 Å². The number of carbonyl (C=O) groups is 1. The van der Waals surface area contributed by atoms with Crippen molar-refractivity contribution in [1.82, 2.24) is 4.90 Å². The number of hydrogen-bond acceptors (Lipinski definition) is 4. The second kappa shape index (κ2) is 8.84. The molecule has 9 heteroatoms. The maximum absolute atomic E-state index is 12.6. The molecule has 7 nitrogen and oxygen atoms in total. The van der Waals surface area contributed by atoms with E-state index in [0.717, 1.165) is 13.0 Å². The average Bonchev–Trinajstić information content (AvgIpc) is 3.07. The molecule has 0 bridgehead atoms. The molecule has 1 heterocycles. The van der Waals surface area contributed by atoms with Crippen molar-refractivity contribution >= 4 is 39.1 Å². The van der Waals surface area contributed by atoms with Crippen molar-refractivity contribution in [3.8, 4) is 5.75 Å². The first-order chi connectivity index (χ1) is 13.7. The molecular weight excluding hydrogens is 414 g/mol. The van der Waals surface area contributed by atoms with Crippen molar-refractivity contribution < 1.29 is 17.9 Å².